The van der Waals surface area contributed by atoms with Crippen molar-refractivity contribution in [1.29, 1.82) is 0 Å². The molecule has 9 nitrogen and oxygen atoms in total. The second-order valence-corrected chi connectivity index (χ2v) is 11.9. The Balaban J connectivity index is 0.00000372. The Morgan fingerprint density at radius 3 is 2.33 bits per heavy atom. The molecule has 7 rings (SSSR count). The molecule has 2 atom stereocenters. The fourth-order valence-electron chi connectivity index (χ4n) is 6.56. The number of fused-ring (bicyclic) bond motifs is 2. The molecule has 0 aliphatic carbocycles. The molecule has 46 heavy (non-hydrogen) atoms. The molecule has 1 fully saturated rings. The van der Waals surface area contributed by atoms with E-state index in [4.69, 9.17) is 14.9 Å². The van der Waals surface area contributed by atoms with E-state index in [1.165, 1.54) is 10.9 Å². The van der Waals surface area contributed by atoms with Crippen LogP contribution in [0.15, 0.2) is 85.2 Å². The quantitative estimate of drug-likeness (QED) is 0.140. The standard InChI is InChI=1S/C36H39N7O2.CH4/c1-45-28-15-12-24(13-16-28)23-43-34(17-14-25-21-38-31-10-4-2-8-29(25)31)41-42-35(43)33(40-36(44)26-7-6-18-37-20-26)19-27-22-39-32-11-5-3-9-30(27)32;/h2-5,8-13,15-16,21-22,26,33,37-39H,6-7,14,17-20,23H2,1H3,(H,40,44);1H4/t26-,33+;/m0./s1. The minimum absolute atomic E-state index is 0. The summed E-state index contributed by atoms with van der Waals surface area (Å²) >= 11 is 0. The molecule has 0 saturated carbocycles. The van der Waals surface area contributed by atoms with E-state index in [9.17, 15) is 4.79 Å². The third-order valence-corrected chi connectivity index (χ3v) is 9.04. The first-order chi connectivity index (χ1) is 22.2. The van der Waals surface area contributed by atoms with Crippen LogP contribution in [0.25, 0.3) is 21.8 Å². The Labute approximate surface area is 269 Å². The number of piperidine rings is 1. The van der Waals surface area contributed by atoms with Crippen LogP contribution in [0.4, 0.5) is 0 Å². The zero-order chi connectivity index (χ0) is 30.6. The summed E-state index contributed by atoms with van der Waals surface area (Å²) in [6.45, 7) is 2.24. The number of aryl methyl sites for hydroxylation is 2. The molecule has 3 aromatic carbocycles. The van der Waals surface area contributed by atoms with Crippen LogP contribution in [-0.4, -0.2) is 50.8 Å². The molecule has 1 aliphatic heterocycles. The monoisotopic (exact) mass is 617 g/mol. The number of hydrogen-bond donors (Lipinski definition) is 4. The second-order valence-electron chi connectivity index (χ2n) is 11.9. The average Bonchev–Trinajstić information content (AvgIpc) is 3.81. The smallest absolute Gasteiger partial charge is 0.224 e. The first kappa shape index (κ1) is 31.1. The van der Waals surface area contributed by atoms with Crippen molar-refractivity contribution in [3.63, 3.8) is 0 Å². The van der Waals surface area contributed by atoms with E-state index in [1.54, 1.807) is 7.11 Å². The van der Waals surface area contributed by atoms with Crippen LogP contribution in [-0.2, 0) is 30.6 Å². The van der Waals surface area contributed by atoms with Gasteiger partial charge >= 0.3 is 0 Å². The maximum atomic E-state index is 13.7. The molecule has 0 bridgehead atoms. The number of aromatic amines is 2. The van der Waals surface area contributed by atoms with Crippen LogP contribution in [0.5, 0.6) is 5.75 Å². The van der Waals surface area contributed by atoms with Gasteiger partial charge in [-0.25, -0.2) is 0 Å². The molecule has 1 saturated heterocycles. The topological polar surface area (TPSA) is 113 Å². The number of methoxy groups -OCH3 is 1. The summed E-state index contributed by atoms with van der Waals surface area (Å²) < 4.78 is 7.61. The van der Waals surface area contributed by atoms with Crippen LogP contribution in [0.1, 0.15) is 54.6 Å². The lowest BCUT2D eigenvalue weighted by Crippen LogP contribution is -2.42. The van der Waals surface area contributed by atoms with Gasteiger partial charge in [-0.2, -0.15) is 0 Å². The number of carbonyl (C=O) groups is 1. The van der Waals surface area contributed by atoms with E-state index < -0.39 is 0 Å². The minimum Gasteiger partial charge on any atom is -0.497 e. The summed E-state index contributed by atoms with van der Waals surface area (Å²) in [4.78, 5) is 20.5. The normalized spacial score (nSPS) is 15.5. The number of nitrogens with zero attached hydrogens (tertiary/aromatic N) is 3. The predicted octanol–water partition coefficient (Wildman–Crippen LogP) is 6.12. The predicted molar refractivity (Wildman–Crippen MR) is 183 cm³/mol. The number of ether oxygens (including phenoxy) is 1. The summed E-state index contributed by atoms with van der Waals surface area (Å²) in [6.07, 6.45) is 8.15. The Morgan fingerprint density at radius 2 is 1.63 bits per heavy atom. The van der Waals surface area contributed by atoms with Crippen molar-refractivity contribution in [2.75, 3.05) is 20.2 Å². The van der Waals surface area contributed by atoms with Crippen molar-refractivity contribution in [2.45, 2.75) is 52.1 Å². The molecule has 0 unspecified atom stereocenters. The van der Waals surface area contributed by atoms with Gasteiger partial charge in [0.05, 0.1) is 25.6 Å². The van der Waals surface area contributed by atoms with Gasteiger partial charge in [0.25, 0.3) is 0 Å². The van der Waals surface area contributed by atoms with Crippen LogP contribution >= 0.6 is 0 Å². The molecule has 0 radical (unpaired) electrons. The third-order valence-electron chi connectivity index (χ3n) is 9.04. The number of carbonyl (C=O) groups excluding carboxylic acids is 1. The van der Waals surface area contributed by atoms with Gasteiger partial charge in [-0.1, -0.05) is 56.0 Å². The Morgan fingerprint density at radius 1 is 0.935 bits per heavy atom. The molecular formula is C37H43N7O2. The first-order valence-electron chi connectivity index (χ1n) is 15.8. The highest BCUT2D eigenvalue weighted by Gasteiger charge is 2.28. The highest BCUT2D eigenvalue weighted by atomic mass is 16.5. The van der Waals surface area contributed by atoms with Crippen LogP contribution in [0.2, 0.25) is 0 Å². The second kappa shape index (κ2) is 14.0. The Kier molecular flexibility index (Phi) is 9.49. The molecule has 1 amide bonds. The van der Waals surface area contributed by atoms with E-state index in [0.29, 0.717) is 25.9 Å². The maximum absolute atomic E-state index is 13.7. The lowest BCUT2D eigenvalue weighted by atomic mass is 9.97. The molecule has 9 heteroatoms. The van der Waals surface area contributed by atoms with E-state index in [1.807, 2.05) is 30.5 Å². The third kappa shape index (κ3) is 6.55. The number of aromatic nitrogens is 5. The molecule has 238 valence electrons. The first-order valence-corrected chi connectivity index (χ1v) is 15.8. The van der Waals surface area contributed by atoms with Crippen molar-refractivity contribution in [3.05, 3.63) is 114 Å². The van der Waals surface area contributed by atoms with Gasteiger partial charge in [0.2, 0.25) is 5.91 Å². The zero-order valence-corrected chi connectivity index (χ0v) is 25.6. The van der Waals surface area contributed by atoms with Crippen LogP contribution in [0, 0.1) is 5.92 Å². The molecule has 6 aromatic rings. The molecule has 0 spiro atoms. The van der Waals surface area contributed by atoms with E-state index in [0.717, 1.165) is 70.8 Å². The molecule has 3 aromatic heterocycles. The lowest BCUT2D eigenvalue weighted by molar-refractivity contribution is -0.126. The summed E-state index contributed by atoms with van der Waals surface area (Å²) in [5.74, 6) is 2.47. The van der Waals surface area contributed by atoms with Crippen molar-refractivity contribution in [2.24, 2.45) is 5.92 Å². The van der Waals surface area contributed by atoms with Crippen molar-refractivity contribution in [1.82, 2.24) is 35.4 Å². The number of nitrogens with one attached hydrogen (secondary N) is 4. The van der Waals surface area contributed by atoms with Crippen LogP contribution < -0.4 is 15.4 Å². The minimum atomic E-state index is -0.355. The highest BCUT2D eigenvalue weighted by molar-refractivity contribution is 5.84. The van der Waals surface area contributed by atoms with Gasteiger partial charge in [-0.3, -0.25) is 4.79 Å². The van der Waals surface area contributed by atoms with Crippen LogP contribution in [0.3, 0.4) is 0 Å². The number of rotatable bonds is 11. The van der Waals surface area contributed by atoms with Gasteiger partial charge in [0, 0.05) is 53.6 Å². The van der Waals surface area contributed by atoms with E-state index >= 15 is 0 Å². The summed E-state index contributed by atoms with van der Waals surface area (Å²) in [5.41, 5.74) is 5.70. The van der Waals surface area contributed by atoms with E-state index in [-0.39, 0.29) is 25.3 Å². The SMILES string of the molecule is C.COc1ccc(Cn2c(CCc3c[nH]c4ccccc34)nnc2[C@@H](Cc2c[nH]c3ccccc23)NC(=O)[C@H]2CCCNC2)cc1. The molecule has 4 heterocycles. The van der Waals surface area contributed by atoms with Gasteiger partial charge in [-0.05, 0) is 66.8 Å². The number of H-pyrrole nitrogens is 2. The molecule has 1 aliphatic rings. The van der Waals surface area contributed by atoms with Gasteiger partial charge in [-0.15, -0.1) is 10.2 Å². The fourth-order valence-corrected chi connectivity index (χ4v) is 6.56. The lowest BCUT2D eigenvalue weighted by Gasteiger charge is -2.26. The van der Waals surface area contributed by atoms with E-state index in [2.05, 4.69) is 79.9 Å². The fraction of sp³-hybridized carbons (Fsp3) is 0.324. The Hall–Kier alpha value is -4.89. The van der Waals surface area contributed by atoms with Crippen molar-refractivity contribution in [3.8, 4) is 5.75 Å². The number of benzene rings is 3. The van der Waals surface area contributed by atoms with Gasteiger partial charge in [0.1, 0.15) is 11.6 Å². The molecule has 4 N–H and O–H groups in total. The van der Waals surface area contributed by atoms with Crippen molar-refractivity contribution >= 4 is 27.7 Å². The number of para-hydroxylation sites is 2. The summed E-state index contributed by atoms with van der Waals surface area (Å²) in [5, 5.41) is 18.8. The number of hydrogen-bond acceptors (Lipinski definition) is 5. The van der Waals surface area contributed by atoms with Gasteiger partial charge in [0.15, 0.2) is 5.82 Å². The largest absolute Gasteiger partial charge is 0.497 e. The number of amides is 1. The maximum Gasteiger partial charge on any atom is 0.224 e. The van der Waals surface area contributed by atoms with Crippen molar-refractivity contribution < 1.29 is 9.53 Å². The Bertz CT molecular complexity index is 1900. The zero-order valence-electron chi connectivity index (χ0n) is 25.6. The average molecular weight is 618 g/mol. The van der Waals surface area contributed by atoms with Gasteiger partial charge < -0.3 is 29.9 Å². The molecular weight excluding hydrogens is 574 g/mol. The summed E-state index contributed by atoms with van der Waals surface area (Å²) in [6, 6.07) is 24.4. The highest BCUT2D eigenvalue weighted by Crippen LogP contribution is 2.27. The summed E-state index contributed by atoms with van der Waals surface area (Å²) in [7, 11) is 1.68.